The lowest BCUT2D eigenvalue weighted by Crippen LogP contribution is -2.42. The standard InChI is InChI=1S/C21H23N7O3/c1-14(29)26-16-2-4-17(5-3-16)27-21(31)20(30)25-13-15-6-10-28(11-7-15)19-18(12-22)23-8-9-24-19/h2-5,8-9,15H,6-7,10-11,13H2,1H3,(H,25,30)(H,26,29)(H,27,31). The second-order valence-electron chi connectivity index (χ2n) is 7.19. The number of rotatable bonds is 5. The zero-order valence-corrected chi connectivity index (χ0v) is 17.1. The lowest BCUT2D eigenvalue weighted by atomic mass is 9.96. The molecule has 3 amide bonds. The topological polar surface area (TPSA) is 140 Å². The second-order valence-corrected chi connectivity index (χ2v) is 7.19. The predicted molar refractivity (Wildman–Crippen MR) is 114 cm³/mol. The molecule has 1 saturated heterocycles. The van der Waals surface area contributed by atoms with Crippen LogP contribution in [0.1, 0.15) is 25.5 Å². The van der Waals surface area contributed by atoms with Crippen molar-refractivity contribution in [2.45, 2.75) is 19.8 Å². The molecule has 10 nitrogen and oxygen atoms in total. The molecule has 1 aliphatic heterocycles. The van der Waals surface area contributed by atoms with Gasteiger partial charge >= 0.3 is 11.8 Å². The summed E-state index contributed by atoms with van der Waals surface area (Å²) >= 11 is 0. The number of carbonyl (C=O) groups excluding carboxylic acids is 3. The van der Waals surface area contributed by atoms with Gasteiger partial charge in [-0.2, -0.15) is 5.26 Å². The number of nitrogens with one attached hydrogen (secondary N) is 3. The number of anilines is 3. The Bertz CT molecular complexity index is 993. The first-order chi connectivity index (χ1) is 15.0. The van der Waals surface area contributed by atoms with Crippen molar-refractivity contribution in [1.29, 1.82) is 5.26 Å². The van der Waals surface area contributed by atoms with E-state index >= 15 is 0 Å². The molecule has 0 unspecified atom stereocenters. The molecule has 0 spiro atoms. The highest BCUT2D eigenvalue weighted by Gasteiger charge is 2.23. The van der Waals surface area contributed by atoms with Crippen molar-refractivity contribution in [3.63, 3.8) is 0 Å². The summed E-state index contributed by atoms with van der Waals surface area (Å²) in [5.41, 5.74) is 1.36. The Morgan fingerprint density at radius 2 is 1.65 bits per heavy atom. The summed E-state index contributed by atoms with van der Waals surface area (Å²) in [6.45, 7) is 3.19. The largest absolute Gasteiger partial charge is 0.354 e. The van der Waals surface area contributed by atoms with E-state index < -0.39 is 11.8 Å². The first kappa shape index (κ1) is 21.7. The molecule has 0 saturated carbocycles. The molecule has 1 aromatic carbocycles. The first-order valence-electron chi connectivity index (χ1n) is 9.89. The van der Waals surface area contributed by atoms with Crippen LogP contribution in [-0.4, -0.2) is 47.3 Å². The molecule has 3 rings (SSSR count). The summed E-state index contributed by atoms with van der Waals surface area (Å²) in [6.07, 6.45) is 4.66. The van der Waals surface area contributed by atoms with E-state index in [0.717, 1.165) is 12.8 Å². The third-order valence-electron chi connectivity index (χ3n) is 4.92. The molecule has 0 radical (unpaired) electrons. The van der Waals surface area contributed by atoms with Gasteiger partial charge in [-0.15, -0.1) is 0 Å². The van der Waals surface area contributed by atoms with Crippen LogP contribution in [0.4, 0.5) is 17.2 Å². The lowest BCUT2D eigenvalue weighted by molar-refractivity contribution is -0.136. The van der Waals surface area contributed by atoms with Crippen LogP contribution in [0, 0.1) is 17.2 Å². The normalized spacial score (nSPS) is 13.7. The molecule has 2 heterocycles. The average molecular weight is 421 g/mol. The van der Waals surface area contributed by atoms with Crippen molar-refractivity contribution in [3.8, 4) is 6.07 Å². The van der Waals surface area contributed by atoms with Gasteiger partial charge in [-0.05, 0) is 43.0 Å². The lowest BCUT2D eigenvalue weighted by Gasteiger charge is -2.32. The smallest absolute Gasteiger partial charge is 0.313 e. The van der Waals surface area contributed by atoms with Crippen LogP contribution in [0.3, 0.4) is 0 Å². The van der Waals surface area contributed by atoms with Crippen LogP contribution < -0.4 is 20.9 Å². The number of aromatic nitrogens is 2. The molecule has 31 heavy (non-hydrogen) atoms. The average Bonchev–Trinajstić information content (AvgIpc) is 2.78. The predicted octanol–water partition coefficient (Wildman–Crippen LogP) is 1.28. The van der Waals surface area contributed by atoms with E-state index in [9.17, 15) is 19.6 Å². The molecule has 0 aliphatic carbocycles. The van der Waals surface area contributed by atoms with E-state index in [-0.39, 0.29) is 11.8 Å². The van der Waals surface area contributed by atoms with Crippen molar-refractivity contribution in [2.75, 3.05) is 35.2 Å². The number of benzene rings is 1. The van der Waals surface area contributed by atoms with Gasteiger partial charge in [0.1, 0.15) is 6.07 Å². The fraction of sp³-hybridized carbons (Fsp3) is 0.333. The molecule has 10 heteroatoms. The van der Waals surface area contributed by atoms with Gasteiger partial charge in [0.2, 0.25) is 5.91 Å². The molecule has 1 fully saturated rings. The van der Waals surface area contributed by atoms with Crippen LogP contribution in [0.15, 0.2) is 36.7 Å². The molecular formula is C21H23N7O3. The molecule has 2 aromatic rings. The van der Waals surface area contributed by atoms with Gasteiger partial charge in [0.05, 0.1) is 0 Å². The minimum Gasteiger partial charge on any atom is -0.354 e. The maximum atomic E-state index is 12.1. The third-order valence-corrected chi connectivity index (χ3v) is 4.92. The first-order valence-corrected chi connectivity index (χ1v) is 9.89. The molecule has 3 N–H and O–H groups in total. The van der Waals surface area contributed by atoms with Crippen LogP contribution >= 0.6 is 0 Å². The fourth-order valence-corrected chi connectivity index (χ4v) is 3.34. The number of nitriles is 1. The van der Waals surface area contributed by atoms with E-state index in [0.29, 0.717) is 42.5 Å². The summed E-state index contributed by atoms with van der Waals surface area (Å²) < 4.78 is 0. The molecule has 160 valence electrons. The summed E-state index contributed by atoms with van der Waals surface area (Å²) in [5.74, 6) is -0.829. The van der Waals surface area contributed by atoms with E-state index in [1.54, 1.807) is 30.5 Å². The van der Waals surface area contributed by atoms with Gasteiger partial charge < -0.3 is 20.9 Å². The third kappa shape index (κ3) is 5.99. The monoisotopic (exact) mass is 421 g/mol. The van der Waals surface area contributed by atoms with E-state index in [1.165, 1.54) is 13.1 Å². The van der Waals surface area contributed by atoms with Crippen LogP contribution in [0.25, 0.3) is 0 Å². The zero-order chi connectivity index (χ0) is 22.2. The maximum absolute atomic E-state index is 12.1. The number of hydrogen-bond acceptors (Lipinski definition) is 7. The summed E-state index contributed by atoms with van der Waals surface area (Å²) in [6, 6.07) is 8.54. The van der Waals surface area contributed by atoms with Crippen LogP contribution in [0.5, 0.6) is 0 Å². The number of carbonyl (C=O) groups is 3. The number of nitrogens with zero attached hydrogens (tertiary/aromatic N) is 4. The van der Waals surface area contributed by atoms with Crippen LogP contribution in [-0.2, 0) is 14.4 Å². The highest BCUT2D eigenvalue weighted by molar-refractivity contribution is 6.39. The van der Waals surface area contributed by atoms with E-state index in [1.807, 2.05) is 4.90 Å². The number of piperidine rings is 1. The minimum absolute atomic E-state index is 0.191. The highest BCUT2D eigenvalue weighted by atomic mass is 16.2. The Hall–Kier alpha value is -4.00. The number of hydrogen-bond donors (Lipinski definition) is 3. The van der Waals surface area contributed by atoms with E-state index in [2.05, 4.69) is 32.0 Å². The van der Waals surface area contributed by atoms with Gasteiger partial charge in [-0.1, -0.05) is 0 Å². The molecular weight excluding hydrogens is 398 g/mol. The van der Waals surface area contributed by atoms with Crippen molar-refractivity contribution in [3.05, 3.63) is 42.4 Å². The van der Waals surface area contributed by atoms with Gasteiger partial charge in [0.15, 0.2) is 11.5 Å². The van der Waals surface area contributed by atoms with Gasteiger partial charge in [0.25, 0.3) is 0 Å². The quantitative estimate of drug-likeness (QED) is 0.618. The Kier molecular flexibility index (Phi) is 7.11. The summed E-state index contributed by atoms with van der Waals surface area (Å²) in [7, 11) is 0. The van der Waals surface area contributed by atoms with E-state index in [4.69, 9.17) is 0 Å². The molecule has 0 bridgehead atoms. The Morgan fingerprint density at radius 1 is 1.03 bits per heavy atom. The highest BCUT2D eigenvalue weighted by Crippen LogP contribution is 2.22. The van der Waals surface area contributed by atoms with Gasteiger partial charge in [-0.25, -0.2) is 9.97 Å². The molecule has 1 aromatic heterocycles. The fourth-order valence-electron chi connectivity index (χ4n) is 3.34. The number of amides is 3. The zero-order valence-electron chi connectivity index (χ0n) is 17.1. The summed E-state index contributed by atoms with van der Waals surface area (Å²) in [5, 5.41) is 17.0. The molecule has 1 aliphatic rings. The Balaban J connectivity index is 1.43. The SMILES string of the molecule is CC(=O)Nc1ccc(NC(=O)C(=O)NCC2CCN(c3nccnc3C#N)CC2)cc1. The van der Waals surface area contributed by atoms with Gasteiger partial charge in [-0.3, -0.25) is 14.4 Å². The minimum atomic E-state index is -0.747. The van der Waals surface area contributed by atoms with Crippen LogP contribution in [0.2, 0.25) is 0 Å². The Labute approximate surface area is 179 Å². The van der Waals surface area contributed by atoms with Crippen molar-refractivity contribution in [1.82, 2.24) is 15.3 Å². The Morgan fingerprint density at radius 3 is 2.26 bits per heavy atom. The van der Waals surface area contributed by atoms with Crippen molar-refractivity contribution in [2.24, 2.45) is 5.92 Å². The summed E-state index contributed by atoms with van der Waals surface area (Å²) in [4.78, 5) is 45.6. The van der Waals surface area contributed by atoms with Crippen molar-refractivity contribution >= 4 is 34.9 Å². The molecule has 0 atom stereocenters. The second kappa shape index (κ2) is 10.2. The van der Waals surface area contributed by atoms with Crippen molar-refractivity contribution < 1.29 is 14.4 Å². The van der Waals surface area contributed by atoms with Gasteiger partial charge in [0, 0.05) is 50.3 Å². The maximum Gasteiger partial charge on any atom is 0.313 e.